The van der Waals surface area contributed by atoms with Crippen LogP contribution in [0.5, 0.6) is 11.5 Å². The molecule has 0 radical (unpaired) electrons. The molecule has 3 aromatic rings. The Hall–Kier alpha value is -2.05. The summed E-state index contributed by atoms with van der Waals surface area (Å²) in [6.07, 6.45) is -0.139. The molecule has 130 valence electrons. The first kappa shape index (κ1) is 16.4. The molecule has 0 bridgehead atoms. The average molecular weight is 384 g/mol. The third-order valence-electron chi connectivity index (χ3n) is 4.41. The van der Waals surface area contributed by atoms with Gasteiger partial charge in [-0.25, -0.2) is 13.8 Å². The SMILES string of the molecule is Nc1cc(Cl)c(Oc2ccc3ncn(C4(C(F)F)CC4)c3c2)c(Cl)c1. The smallest absolute Gasteiger partial charge is 0.261 e. The molecule has 0 atom stereocenters. The molecule has 0 saturated heterocycles. The number of nitrogens with zero attached hydrogens (tertiary/aromatic N) is 2. The van der Waals surface area contributed by atoms with Gasteiger partial charge in [0.1, 0.15) is 11.3 Å². The molecule has 1 saturated carbocycles. The number of alkyl halides is 2. The molecule has 25 heavy (non-hydrogen) atoms. The van der Waals surface area contributed by atoms with Gasteiger partial charge in [0, 0.05) is 11.8 Å². The highest BCUT2D eigenvalue weighted by molar-refractivity contribution is 6.37. The summed E-state index contributed by atoms with van der Waals surface area (Å²) in [4.78, 5) is 4.21. The Balaban J connectivity index is 1.75. The zero-order valence-electron chi connectivity index (χ0n) is 12.8. The summed E-state index contributed by atoms with van der Waals surface area (Å²) in [7, 11) is 0. The number of halogens is 4. The Morgan fingerprint density at radius 1 is 1.16 bits per heavy atom. The first-order chi connectivity index (χ1) is 11.9. The highest BCUT2D eigenvalue weighted by Gasteiger charge is 2.53. The first-order valence-corrected chi connectivity index (χ1v) is 8.34. The Bertz CT molecular complexity index is 947. The van der Waals surface area contributed by atoms with Crippen LogP contribution in [0.3, 0.4) is 0 Å². The van der Waals surface area contributed by atoms with Gasteiger partial charge in [-0.1, -0.05) is 23.2 Å². The monoisotopic (exact) mass is 383 g/mol. The minimum Gasteiger partial charge on any atom is -0.454 e. The van der Waals surface area contributed by atoms with E-state index in [1.165, 1.54) is 23.0 Å². The maximum atomic E-state index is 13.4. The van der Waals surface area contributed by atoms with Gasteiger partial charge < -0.3 is 15.0 Å². The number of hydrogen-bond acceptors (Lipinski definition) is 3. The molecule has 0 amide bonds. The highest BCUT2D eigenvalue weighted by Crippen LogP contribution is 2.50. The Labute approximate surface area is 152 Å². The van der Waals surface area contributed by atoms with Gasteiger partial charge in [-0.2, -0.15) is 0 Å². The molecular formula is C17H13Cl2F2N3O. The molecule has 2 N–H and O–H groups in total. The number of fused-ring (bicyclic) bond motifs is 1. The van der Waals surface area contributed by atoms with Crippen LogP contribution in [-0.4, -0.2) is 16.0 Å². The lowest BCUT2D eigenvalue weighted by atomic mass is 10.2. The lowest BCUT2D eigenvalue weighted by Crippen LogP contribution is -2.24. The van der Waals surface area contributed by atoms with Crippen molar-refractivity contribution in [1.29, 1.82) is 0 Å². The van der Waals surface area contributed by atoms with Gasteiger partial charge in [-0.3, -0.25) is 0 Å². The third kappa shape index (κ3) is 2.69. The van der Waals surface area contributed by atoms with E-state index in [2.05, 4.69) is 4.98 Å². The van der Waals surface area contributed by atoms with E-state index in [-0.39, 0.29) is 15.8 Å². The molecule has 1 heterocycles. The molecule has 1 fully saturated rings. The van der Waals surface area contributed by atoms with Crippen LogP contribution in [0.2, 0.25) is 10.0 Å². The molecule has 4 rings (SSSR count). The van der Waals surface area contributed by atoms with E-state index in [0.29, 0.717) is 35.3 Å². The molecule has 0 unspecified atom stereocenters. The average Bonchev–Trinajstić information content (AvgIpc) is 3.25. The van der Waals surface area contributed by atoms with Crippen molar-refractivity contribution in [3.63, 3.8) is 0 Å². The van der Waals surface area contributed by atoms with Crippen LogP contribution >= 0.6 is 23.2 Å². The van der Waals surface area contributed by atoms with Gasteiger partial charge in [0.05, 0.1) is 27.4 Å². The minimum absolute atomic E-state index is 0.262. The summed E-state index contributed by atoms with van der Waals surface area (Å²) < 4.78 is 34.2. The Morgan fingerprint density at radius 2 is 1.84 bits per heavy atom. The van der Waals surface area contributed by atoms with Crippen molar-refractivity contribution in [3.8, 4) is 11.5 Å². The number of rotatable bonds is 4. The van der Waals surface area contributed by atoms with E-state index < -0.39 is 12.0 Å². The van der Waals surface area contributed by atoms with Gasteiger partial charge in [0.25, 0.3) is 6.43 Å². The molecule has 1 aliphatic carbocycles. The maximum Gasteiger partial charge on any atom is 0.261 e. The molecule has 2 aromatic carbocycles. The fourth-order valence-corrected chi connectivity index (χ4v) is 3.47. The van der Waals surface area contributed by atoms with Gasteiger partial charge in [-0.15, -0.1) is 0 Å². The number of nitrogen functional groups attached to an aromatic ring is 1. The molecule has 4 nitrogen and oxygen atoms in total. The highest BCUT2D eigenvalue weighted by atomic mass is 35.5. The normalized spacial score (nSPS) is 15.7. The van der Waals surface area contributed by atoms with Crippen molar-refractivity contribution in [1.82, 2.24) is 9.55 Å². The molecular weight excluding hydrogens is 371 g/mol. The van der Waals surface area contributed by atoms with Gasteiger partial charge in [0.2, 0.25) is 0 Å². The minimum atomic E-state index is -2.45. The van der Waals surface area contributed by atoms with Gasteiger partial charge in [-0.05, 0) is 37.1 Å². The largest absolute Gasteiger partial charge is 0.454 e. The summed E-state index contributed by atoms with van der Waals surface area (Å²) in [6.45, 7) is 0. The van der Waals surface area contributed by atoms with Crippen molar-refractivity contribution in [2.75, 3.05) is 5.73 Å². The predicted molar refractivity (Wildman–Crippen MR) is 93.9 cm³/mol. The Morgan fingerprint density at radius 3 is 2.44 bits per heavy atom. The van der Waals surface area contributed by atoms with Gasteiger partial charge in [0.15, 0.2) is 5.75 Å². The molecule has 0 spiro atoms. The van der Waals surface area contributed by atoms with Crippen LogP contribution in [0.15, 0.2) is 36.7 Å². The quantitative estimate of drug-likeness (QED) is 0.607. The van der Waals surface area contributed by atoms with Crippen molar-refractivity contribution in [2.45, 2.75) is 24.8 Å². The maximum absolute atomic E-state index is 13.4. The molecule has 1 aromatic heterocycles. The van der Waals surface area contributed by atoms with Crippen LogP contribution in [0.4, 0.5) is 14.5 Å². The van der Waals surface area contributed by atoms with Crippen LogP contribution in [0.1, 0.15) is 12.8 Å². The van der Waals surface area contributed by atoms with Crippen molar-refractivity contribution >= 4 is 39.9 Å². The second-order valence-electron chi connectivity index (χ2n) is 6.09. The predicted octanol–water partition coefficient (Wildman–Crippen LogP) is 5.47. The van der Waals surface area contributed by atoms with E-state index >= 15 is 0 Å². The molecule has 1 aliphatic rings. The third-order valence-corrected chi connectivity index (χ3v) is 4.97. The second-order valence-corrected chi connectivity index (χ2v) is 6.90. The Kier molecular flexibility index (Phi) is 3.77. The van der Waals surface area contributed by atoms with Crippen molar-refractivity contribution < 1.29 is 13.5 Å². The molecule has 0 aliphatic heterocycles. The van der Waals surface area contributed by atoms with Crippen LogP contribution < -0.4 is 10.5 Å². The summed E-state index contributed by atoms with van der Waals surface area (Å²) in [5.74, 6) is 0.686. The summed E-state index contributed by atoms with van der Waals surface area (Å²) >= 11 is 12.3. The summed E-state index contributed by atoms with van der Waals surface area (Å²) in [6, 6.07) is 8.11. The molecule has 8 heteroatoms. The summed E-state index contributed by atoms with van der Waals surface area (Å²) in [5, 5.41) is 0.537. The lowest BCUT2D eigenvalue weighted by Gasteiger charge is -2.17. The van der Waals surface area contributed by atoms with Crippen LogP contribution in [0.25, 0.3) is 11.0 Å². The van der Waals surface area contributed by atoms with E-state index in [9.17, 15) is 8.78 Å². The van der Waals surface area contributed by atoms with Crippen LogP contribution in [0, 0.1) is 0 Å². The zero-order valence-corrected chi connectivity index (χ0v) is 14.4. The summed E-state index contributed by atoms with van der Waals surface area (Å²) in [5.41, 5.74) is 6.14. The fraction of sp³-hybridized carbons (Fsp3) is 0.235. The number of anilines is 1. The number of benzene rings is 2. The fourth-order valence-electron chi connectivity index (χ4n) is 2.89. The van der Waals surface area contributed by atoms with E-state index in [0.717, 1.165) is 0 Å². The van der Waals surface area contributed by atoms with Gasteiger partial charge >= 0.3 is 0 Å². The van der Waals surface area contributed by atoms with E-state index in [1.54, 1.807) is 18.2 Å². The number of aromatic nitrogens is 2. The second kappa shape index (κ2) is 5.75. The topological polar surface area (TPSA) is 53.1 Å². The first-order valence-electron chi connectivity index (χ1n) is 7.59. The number of ether oxygens (including phenoxy) is 1. The number of imidazole rings is 1. The lowest BCUT2D eigenvalue weighted by molar-refractivity contribution is 0.0691. The van der Waals surface area contributed by atoms with Crippen LogP contribution in [-0.2, 0) is 5.54 Å². The standard InChI is InChI=1S/C17H13Cl2F2N3O/c18-11-5-9(22)6-12(19)15(11)25-10-1-2-13-14(7-10)24(8-23-13)17(3-4-17)16(20)21/h1-2,5-8,16H,3-4,22H2. The van der Waals surface area contributed by atoms with Crippen molar-refractivity contribution in [3.05, 3.63) is 46.7 Å². The van der Waals surface area contributed by atoms with E-state index in [4.69, 9.17) is 33.7 Å². The zero-order chi connectivity index (χ0) is 17.8. The van der Waals surface area contributed by atoms with E-state index in [1.807, 2.05) is 0 Å². The number of hydrogen-bond donors (Lipinski definition) is 1. The van der Waals surface area contributed by atoms with Crippen molar-refractivity contribution in [2.24, 2.45) is 0 Å². The number of nitrogens with two attached hydrogens (primary N) is 1.